The predicted octanol–water partition coefficient (Wildman–Crippen LogP) is 3.31. The lowest BCUT2D eigenvalue weighted by molar-refractivity contribution is -0.384. The van der Waals surface area contributed by atoms with E-state index in [4.69, 9.17) is 0 Å². The molecular weight excluding hydrogens is 330 g/mol. The lowest BCUT2D eigenvalue weighted by atomic mass is 10.1. The van der Waals surface area contributed by atoms with E-state index >= 15 is 0 Å². The standard InChI is InChI=1S/C15H13N5O3S/c1-8-14(24-9(2)16-8)15(21)17-13-7-12(18-19-13)10-4-3-5-11(6-10)20(22)23/h3-7H,1-2H3,(H2,17,18,19,21). The van der Waals surface area contributed by atoms with Gasteiger partial charge in [0.25, 0.3) is 11.6 Å². The van der Waals surface area contributed by atoms with Crippen LogP contribution in [-0.4, -0.2) is 26.0 Å². The highest BCUT2D eigenvalue weighted by Crippen LogP contribution is 2.24. The number of carbonyl (C=O) groups excluding carboxylic acids is 1. The Hall–Kier alpha value is -3.07. The molecule has 9 heteroatoms. The number of aromatic amines is 1. The molecule has 0 aliphatic carbocycles. The number of non-ortho nitro benzene ring substituents is 1. The van der Waals surface area contributed by atoms with Gasteiger partial charge in [-0.2, -0.15) is 5.10 Å². The van der Waals surface area contributed by atoms with E-state index < -0.39 is 4.92 Å². The molecule has 2 heterocycles. The molecule has 3 rings (SSSR count). The number of nitrogens with zero attached hydrogens (tertiary/aromatic N) is 3. The number of benzene rings is 1. The molecule has 0 atom stereocenters. The van der Waals surface area contributed by atoms with E-state index in [1.165, 1.54) is 23.5 Å². The van der Waals surface area contributed by atoms with Gasteiger partial charge in [0.1, 0.15) is 4.88 Å². The Bertz CT molecular complexity index is 931. The molecule has 0 radical (unpaired) electrons. The number of hydrogen-bond acceptors (Lipinski definition) is 6. The summed E-state index contributed by atoms with van der Waals surface area (Å²) in [5.41, 5.74) is 1.85. The molecule has 0 fully saturated rings. The SMILES string of the molecule is Cc1nc(C)c(C(=O)Nc2cc(-c3cccc([N+](=O)[O-])c3)[nH]n2)s1. The zero-order valence-corrected chi connectivity index (χ0v) is 13.7. The highest BCUT2D eigenvalue weighted by atomic mass is 32.1. The van der Waals surface area contributed by atoms with Gasteiger partial charge in [0, 0.05) is 23.8 Å². The van der Waals surface area contributed by atoms with Crippen LogP contribution in [-0.2, 0) is 0 Å². The van der Waals surface area contributed by atoms with Crippen LogP contribution < -0.4 is 5.32 Å². The van der Waals surface area contributed by atoms with Gasteiger partial charge in [-0.05, 0) is 13.8 Å². The number of amides is 1. The van der Waals surface area contributed by atoms with Gasteiger partial charge < -0.3 is 5.32 Å². The van der Waals surface area contributed by atoms with Crippen LogP contribution in [0, 0.1) is 24.0 Å². The van der Waals surface area contributed by atoms with Gasteiger partial charge in [-0.1, -0.05) is 12.1 Å². The van der Waals surface area contributed by atoms with Crippen molar-refractivity contribution in [2.24, 2.45) is 0 Å². The van der Waals surface area contributed by atoms with Crippen molar-refractivity contribution in [3.63, 3.8) is 0 Å². The minimum atomic E-state index is -0.461. The van der Waals surface area contributed by atoms with E-state index in [0.717, 1.165) is 5.01 Å². The summed E-state index contributed by atoms with van der Waals surface area (Å²) < 4.78 is 0. The second-order valence-electron chi connectivity index (χ2n) is 5.08. The Morgan fingerprint density at radius 1 is 1.33 bits per heavy atom. The Labute approximate surface area is 140 Å². The summed E-state index contributed by atoms with van der Waals surface area (Å²) in [4.78, 5) is 27.4. The second-order valence-corrected chi connectivity index (χ2v) is 6.28. The van der Waals surface area contributed by atoms with Crippen LogP contribution in [0.2, 0.25) is 0 Å². The number of aromatic nitrogens is 3. The van der Waals surface area contributed by atoms with Crippen LogP contribution in [0.1, 0.15) is 20.4 Å². The summed E-state index contributed by atoms with van der Waals surface area (Å²) in [6, 6.07) is 7.80. The number of nitro groups is 1. The summed E-state index contributed by atoms with van der Waals surface area (Å²) in [7, 11) is 0. The highest BCUT2D eigenvalue weighted by molar-refractivity contribution is 7.13. The third-order valence-electron chi connectivity index (χ3n) is 3.30. The van der Waals surface area contributed by atoms with Gasteiger partial charge in [-0.3, -0.25) is 20.0 Å². The zero-order chi connectivity index (χ0) is 17.3. The minimum Gasteiger partial charge on any atom is -0.304 e. The molecule has 0 aliphatic heterocycles. The van der Waals surface area contributed by atoms with Crippen molar-refractivity contribution in [1.29, 1.82) is 0 Å². The minimum absolute atomic E-state index is 0.0107. The lowest BCUT2D eigenvalue weighted by Gasteiger charge is -1.99. The van der Waals surface area contributed by atoms with Crippen LogP contribution >= 0.6 is 11.3 Å². The number of rotatable bonds is 4. The number of thiazole rings is 1. The summed E-state index contributed by atoms with van der Waals surface area (Å²) in [6.07, 6.45) is 0. The molecule has 0 aliphatic rings. The molecule has 8 nitrogen and oxygen atoms in total. The fourth-order valence-electron chi connectivity index (χ4n) is 2.24. The average Bonchev–Trinajstić information content (AvgIpc) is 3.13. The molecule has 1 amide bonds. The topological polar surface area (TPSA) is 114 Å². The summed E-state index contributed by atoms with van der Waals surface area (Å²) >= 11 is 1.31. The quantitative estimate of drug-likeness (QED) is 0.557. The third-order valence-corrected chi connectivity index (χ3v) is 4.37. The van der Waals surface area contributed by atoms with E-state index in [-0.39, 0.29) is 11.6 Å². The Kier molecular flexibility index (Phi) is 4.09. The van der Waals surface area contributed by atoms with Gasteiger partial charge in [-0.25, -0.2) is 4.98 Å². The van der Waals surface area contributed by atoms with E-state index in [9.17, 15) is 14.9 Å². The summed E-state index contributed by atoms with van der Waals surface area (Å²) in [5, 5.41) is 21.1. The molecule has 0 saturated carbocycles. The van der Waals surface area contributed by atoms with Gasteiger partial charge in [0.05, 0.1) is 21.3 Å². The van der Waals surface area contributed by atoms with E-state index in [2.05, 4.69) is 20.5 Å². The monoisotopic (exact) mass is 343 g/mol. The number of aryl methyl sites for hydroxylation is 2. The molecule has 0 unspecified atom stereocenters. The van der Waals surface area contributed by atoms with Crippen LogP contribution in [0.5, 0.6) is 0 Å². The first-order valence-electron chi connectivity index (χ1n) is 6.99. The molecule has 122 valence electrons. The first kappa shape index (κ1) is 15.8. The largest absolute Gasteiger partial charge is 0.304 e. The van der Waals surface area contributed by atoms with Crippen molar-refractivity contribution in [3.05, 3.63) is 56.0 Å². The number of H-pyrrole nitrogens is 1. The normalized spacial score (nSPS) is 10.6. The fraction of sp³-hybridized carbons (Fsp3) is 0.133. The van der Waals surface area contributed by atoms with Crippen LogP contribution in [0.25, 0.3) is 11.3 Å². The van der Waals surface area contributed by atoms with Crippen LogP contribution in [0.15, 0.2) is 30.3 Å². The Morgan fingerprint density at radius 3 is 2.79 bits per heavy atom. The Morgan fingerprint density at radius 2 is 2.12 bits per heavy atom. The van der Waals surface area contributed by atoms with Crippen molar-refractivity contribution in [2.75, 3.05) is 5.32 Å². The maximum Gasteiger partial charge on any atom is 0.270 e. The van der Waals surface area contributed by atoms with Crippen LogP contribution in [0.4, 0.5) is 11.5 Å². The molecule has 0 spiro atoms. The van der Waals surface area contributed by atoms with Crippen molar-refractivity contribution in [3.8, 4) is 11.3 Å². The molecule has 0 saturated heterocycles. The maximum absolute atomic E-state index is 12.3. The average molecular weight is 343 g/mol. The van der Waals surface area contributed by atoms with E-state index in [1.54, 1.807) is 25.1 Å². The van der Waals surface area contributed by atoms with E-state index in [1.807, 2.05) is 6.92 Å². The zero-order valence-electron chi connectivity index (χ0n) is 12.9. The molecule has 3 aromatic rings. The number of carbonyl (C=O) groups is 1. The van der Waals surface area contributed by atoms with Crippen molar-refractivity contribution >= 4 is 28.7 Å². The highest BCUT2D eigenvalue weighted by Gasteiger charge is 2.16. The van der Waals surface area contributed by atoms with Crippen LogP contribution in [0.3, 0.4) is 0 Å². The predicted molar refractivity (Wildman–Crippen MR) is 90.2 cm³/mol. The fourth-order valence-corrected chi connectivity index (χ4v) is 3.05. The number of nitrogens with one attached hydrogen (secondary N) is 2. The molecular formula is C15H13N5O3S. The first-order chi connectivity index (χ1) is 11.4. The summed E-state index contributed by atoms with van der Waals surface area (Å²) in [6.45, 7) is 3.61. The van der Waals surface area contributed by atoms with Crippen molar-refractivity contribution in [2.45, 2.75) is 13.8 Å². The van der Waals surface area contributed by atoms with Crippen molar-refractivity contribution < 1.29 is 9.72 Å². The molecule has 0 bridgehead atoms. The van der Waals surface area contributed by atoms with Gasteiger partial charge in [-0.15, -0.1) is 11.3 Å². The third kappa shape index (κ3) is 3.15. The van der Waals surface area contributed by atoms with Crippen molar-refractivity contribution in [1.82, 2.24) is 15.2 Å². The summed E-state index contributed by atoms with van der Waals surface area (Å²) in [5.74, 6) is 0.0575. The molecule has 2 N–H and O–H groups in total. The lowest BCUT2D eigenvalue weighted by Crippen LogP contribution is -2.11. The molecule has 2 aromatic heterocycles. The smallest absolute Gasteiger partial charge is 0.270 e. The number of hydrogen-bond donors (Lipinski definition) is 2. The van der Waals surface area contributed by atoms with E-state index in [0.29, 0.717) is 27.6 Å². The molecule has 1 aromatic carbocycles. The maximum atomic E-state index is 12.3. The number of nitro benzene ring substituents is 1. The molecule has 24 heavy (non-hydrogen) atoms. The first-order valence-corrected chi connectivity index (χ1v) is 7.81. The van der Waals surface area contributed by atoms with Gasteiger partial charge in [0.2, 0.25) is 0 Å². The number of anilines is 1. The van der Waals surface area contributed by atoms with Gasteiger partial charge in [0.15, 0.2) is 5.82 Å². The Balaban J connectivity index is 1.81. The van der Waals surface area contributed by atoms with Gasteiger partial charge >= 0.3 is 0 Å². The second kappa shape index (κ2) is 6.20.